The Kier molecular flexibility index (Phi) is 13.0. The average molecular weight is 409 g/mol. The summed E-state index contributed by atoms with van der Waals surface area (Å²) in [5.74, 6) is -0.841. The lowest BCUT2D eigenvalue weighted by molar-refractivity contribution is -0.306. The summed E-state index contributed by atoms with van der Waals surface area (Å²) in [6.07, 6.45) is 9.60. The van der Waals surface area contributed by atoms with Crippen LogP contribution in [0.1, 0.15) is 71.6 Å². The standard InChI is InChI=1S/C19H39O7P/c1-3-4-5-6-7-8-9-12-23-16-18-11-14-25-19(2,26-18)17-24-13-10-15-27(20,21)22/h18H,3-17H2,1-2H3,(H2,20,21,22)/p-1. The number of rotatable bonds is 16. The van der Waals surface area contributed by atoms with E-state index in [1.54, 1.807) is 0 Å². The van der Waals surface area contributed by atoms with Gasteiger partial charge in [-0.3, -0.25) is 0 Å². The van der Waals surface area contributed by atoms with Crippen LogP contribution < -0.4 is 4.89 Å². The molecule has 3 unspecified atom stereocenters. The van der Waals surface area contributed by atoms with Crippen molar-refractivity contribution in [2.24, 2.45) is 0 Å². The van der Waals surface area contributed by atoms with Gasteiger partial charge in [-0.25, -0.2) is 0 Å². The van der Waals surface area contributed by atoms with Crippen LogP contribution in [-0.2, 0) is 23.5 Å². The Hall–Kier alpha value is -0.0100. The van der Waals surface area contributed by atoms with Crippen LogP contribution >= 0.6 is 7.60 Å². The van der Waals surface area contributed by atoms with E-state index < -0.39 is 13.4 Å². The second kappa shape index (κ2) is 14.0. The van der Waals surface area contributed by atoms with Gasteiger partial charge in [0.25, 0.3) is 0 Å². The minimum absolute atomic E-state index is 0.0174. The van der Waals surface area contributed by atoms with Crippen LogP contribution in [0.2, 0.25) is 0 Å². The number of hydrogen-bond donors (Lipinski definition) is 1. The van der Waals surface area contributed by atoms with E-state index in [4.69, 9.17) is 23.8 Å². The first-order valence-corrected chi connectivity index (χ1v) is 12.1. The zero-order chi connectivity index (χ0) is 20.0. The van der Waals surface area contributed by atoms with E-state index in [1.165, 1.54) is 38.5 Å². The fourth-order valence-electron chi connectivity index (χ4n) is 3.04. The van der Waals surface area contributed by atoms with E-state index in [9.17, 15) is 9.46 Å². The van der Waals surface area contributed by atoms with Crippen LogP contribution in [-0.4, -0.2) is 56.0 Å². The lowest BCUT2D eigenvalue weighted by Crippen LogP contribution is -2.47. The molecule has 27 heavy (non-hydrogen) atoms. The molecule has 1 fully saturated rings. The molecule has 0 bridgehead atoms. The van der Waals surface area contributed by atoms with E-state index in [0.29, 0.717) is 13.2 Å². The third-order valence-corrected chi connectivity index (χ3v) is 5.43. The molecule has 7 nitrogen and oxygen atoms in total. The van der Waals surface area contributed by atoms with Gasteiger partial charge < -0.3 is 33.3 Å². The van der Waals surface area contributed by atoms with Crippen molar-refractivity contribution in [3.63, 3.8) is 0 Å². The predicted octanol–water partition coefficient (Wildman–Crippen LogP) is 3.23. The van der Waals surface area contributed by atoms with Gasteiger partial charge >= 0.3 is 0 Å². The van der Waals surface area contributed by atoms with Gasteiger partial charge in [-0.2, -0.15) is 0 Å². The van der Waals surface area contributed by atoms with Gasteiger partial charge in [0, 0.05) is 19.4 Å². The molecular formula is C19H38O7P-. The van der Waals surface area contributed by atoms with Crippen molar-refractivity contribution in [1.82, 2.24) is 0 Å². The molecule has 0 saturated carbocycles. The van der Waals surface area contributed by atoms with Crippen molar-refractivity contribution in [3.8, 4) is 0 Å². The highest BCUT2D eigenvalue weighted by molar-refractivity contribution is 7.50. The Bertz CT molecular complexity index is 415. The van der Waals surface area contributed by atoms with Crippen molar-refractivity contribution in [2.45, 2.75) is 83.5 Å². The SMILES string of the molecule is CCCCCCCCCOCC1CCOC(C)(COCCCP(=O)([O-])O)O1. The summed E-state index contributed by atoms with van der Waals surface area (Å²) in [6.45, 7) is 6.40. The molecule has 0 spiro atoms. The second-order valence-electron chi connectivity index (χ2n) is 7.47. The molecule has 1 N–H and O–H groups in total. The van der Waals surface area contributed by atoms with Gasteiger partial charge in [-0.1, -0.05) is 45.4 Å². The highest BCUT2D eigenvalue weighted by Gasteiger charge is 2.34. The number of hydrogen-bond acceptors (Lipinski definition) is 6. The van der Waals surface area contributed by atoms with Crippen LogP contribution in [0.4, 0.5) is 0 Å². The van der Waals surface area contributed by atoms with Gasteiger partial charge in [0.05, 0.1) is 19.3 Å². The molecule has 3 atom stereocenters. The molecule has 0 aliphatic carbocycles. The molecule has 162 valence electrons. The van der Waals surface area contributed by atoms with Gasteiger partial charge in [0.15, 0.2) is 5.79 Å². The summed E-state index contributed by atoms with van der Waals surface area (Å²) in [7, 11) is -4.20. The monoisotopic (exact) mass is 409 g/mol. The molecule has 1 aliphatic rings. The first-order chi connectivity index (χ1) is 12.8. The van der Waals surface area contributed by atoms with Crippen LogP contribution in [0.25, 0.3) is 0 Å². The Morgan fingerprint density at radius 2 is 1.78 bits per heavy atom. The molecule has 0 aromatic carbocycles. The minimum Gasteiger partial charge on any atom is -0.779 e. The van der Waals surface area contributed by atoms with Gasteiger partial charge in [0.1, 0.15) is 14.2 Å². The first kappa shape index (κ1) is 25.0. The molecule has 0 radical (unpaired) electrons. The Morgan fingerprint density at radius 1 is 1.11 bits per heavy atom. The first-order valence-electron chi connectivity index (χ1n) is 10.3. The van der Waals surface area contributed by atoms with E-state index >= 15 is 0 Å². The summed E-state index contributed by atoms with van der Waals surface area (Å²) in [5, 5.41) is 0. The maximum absolute atomic E-state index is 10.7. The molecular weight excluding hydrogens is 371 g/mol. The third kappa shape index (κ3) is 13.7. The van der Waals surface area contributed by atoms with Crippen molar-refractivity contribution in [3.05, 3.63) is 0 Å². The summed E-state index contributed by atoms with van der Waals surface area (Å²) in [4.78, 5) is 19.4. The Morgan fingerprint density at radius 3 is 2.48 bits per heavy atom. The molecule has 8 heteroatoms. The second-order valence-corrected chi connectivity index (χ2v) is 9.20. The van der Waals surface area contributed by atoms with E-state index in [2.05, 4.69) is 6.92 Å². The summed E-state index contributed by atoms with van der Waals surface area (Å²) in [5.41, 5.74) is 0. The molecule has 1 rings (SSSR count). The summed E-state index contributed by atoms with van der Waals surface area (Å²) < 4.78 is 33.5. The lowest BCUT2D eigenvalue weighted by atomic mass is 10.1. The van der Waals surface area contributed by atoms with E-state index in [-0.39, 0.29) is 31.9 Å². The fraction of sp³-hybridized carbons (Fsp3) is 1.00. The quantitative estimate of drug-likeness (QED) is 0.309. The topological polar surface area (TPSA) is 97.3 Å². The number of unbranched alkanes of at least 4 members (excludes halogenated alkanes) is 6. The van der Waals surface area contributed by atoms with Gasteiger partial charge in [0.2, 0.25) is 0 Å². The molecule has 1 heterocycles. The van der Waals surface area contributed by atoms with Crippen LogP contribution in [0.15, 0.2) is 0 Å². The summed E-state index contributed by atoms with van der Waals surface area (Å²) in [6, 6.07) is 0. The lowest BCUT2D eigenvalue weighted by Gasteiger charge is -2.38. The molecule has 1 saturated heterocycles. The van der Waals surface area contributed by atoms with E-state index in [1.807, 2.05) is 6.92 Å². The normalized spacial score (nSPS) is 25.4. The zero-order valence-electron chi connectivity index (χ0n) is 17.0. The Balaban J connectivity index is 2.06. The van der Waals surface area contributed by atoms with Crippen molar-refractivity contribution in [1.29, 1.82) is 0 Å². The van der Waals surface area contributed by atoms with Gasteiger partial charge in [-0.05, 0) is 26.2 Å². The van der Waals surface area contributed by atoms with Crippen LogP contribution in [0, 0.1) is 0 Å². The maximum Gasteiger partial charge on any atom is 0.189 e. The highest BCUT2D eigenvalue weighted by atomic mass is 31.2. The van der Waals surface area contributed by atoms with Crippen molar-refractivity contribution >= 4 is 7.60 Å². The van der Waals surface area contributed by atoms with Crippen LogP contribution in [0.5, 0.6) is 0 Å². The number of ether oxygens (including phenoxy) is 4. The molecule has 1 aliphatic heterocycles. The zero-order valence-corrected chi connectivity index (χ0v) is 17.9. The fourth-order valence-corrected chi connectivity index (χ4v) is 3.57. The van der Waals surface area contributed by atoms with Crippen molar-refractivity contribution < 1.29 is 33.3 Å². The van der Waals surface area contributed by atoms with E-state index in [0.717, 1.165) is 19.4 Å². The average Bonchev–Trinajstić information content (AvgIpc) is 2.59. The van der Waals surface area contributed by atoms with Gasteiger partial charge in [-0.15, -0.1) is 0 Å². The van der Waals surface area contributed by atoms with Crippen LogP contribution in [0.3, 0.4) is 0 Å². The highest BCUT2D eigenvalue weighted by Crippen LogP contribution is 2.29. The molecule has 0 amide bonds. The summed E-state index contributed by atoms with van der Waals surface area (Å²) >= 11 is 0. The van der Waals surface area contributed by atoms with Crippen molar-refractivity contribution in [2.75, 3.05) is 39.2 Å². The molecule has 0 aromatic heterocycles. The minimum atomic E-state index is -4.20. The predicted molar refractivity (Wildman–Crippen MR) is 103 cm³/mol. The maximum atomic E-state index is 10.7. The largest absolute Gasteiger partial charge is 0.779 e. The smallest absolute Gasteiger partial charge is 0.189 e. The third-order valence-electron chi connectivity index (χ3n) is 4.55. The molecule has 0 aromatic rings. The Labute approximate surface area is 164 Å².